The molecular weight excluding hydrogens is 220 g/mol. The number of hydrogen-bond acceptors (Lipinski definition) is 1. The average Bonchev–Trinajstić information content (AvgIpc) is 1.86. The first-order valence-corrected chi connectivity index (χ1v) is 3.99. The molecule has 1 nitrogen and oxygen atoms in total. The van der Waals surface area contributed by atoms with E-state index < -0.39 is 5.79 Å². The molecule has 1 fully saturated rings. The van der Waals surface area contributed by atoms with Crippen LogP contribution in [0.25, 0.3) is 0 Å². The predicted molar refractivity (Wildman–Crippen MR) is 39.7 cm³/mol. The van der Waals surface area contributed by atoms with E-state index in [2.05, 4.69) is 22.6 Å². The maximum Gasteiger partial charge on any atom is 0.170 e. The molecule has 0 amide bonds. The van der Waals surface area contributed by atoms with Crippen LogP contribution in [0.5, 0.6) is 0 Å². The molecule has 0 aromatic carbocycles. The second kappa shape index (κ2) is 2.10. The van der Waals surface area contributed by atoms with Gasteiger partial charge in [0.1, 0.15) is 0 Å². The molecule has 0 aliphatic heterocycles. The summed E-state index contributed by atoms with van der Waals surface area (Å²) >= 11 is 2.07. The molecule has 1 aliphatic rings. The molecule has 2 unspecified atom stereocenters. The fraction of sp³-hybridized carbons (Fsp3) is 1.00. The Balaban J connectivity index is 2.54. The maximum absolute atomic E-state index is 12.8. The number of alkyl halides is 2. The molecule has 0 bridgehead atoms. The van der Waals surface area contributed by atoms with Crippen molar-refractivity contribution in [1.82, 2.24) is 0 Å². The standard InChI is InChI=1S/C5H9FIN/c6-5(8)3-1-2-4(5)7/h4H,1-3,8H2. The quantitative estimate of drug-likeness (QED) is 0.381. The number of rotatable bonds is 0. The van der Waals surface area contributed by atoms with Crippen LogP contribution in [0.3, 0.4) is 0 Å². The Bertz CT molecular complexity index is 94.4. The molecule has 2 atom stereocenters. The molecule has 8 heavy (non-hydrogen) atoms. The molecule has 1 rings (SSSR count). The summed E-state index contributed by atoms with van der Waals surface area (Å²) in [5, 5.41) is 0. The summed E-state index contributed by atoms with van der Waals surface area (Å²) < 4.78 is 12.8. The van der Waals surface area contributed by atoms with Gasteiger partial charge < -0.3 is 0 Å². The summed E-state index contributed by atoms with van der Waals surface area (Å²) in [4.78, 5) is 0. The van der Waals surface area contributed by atoms with Crippen molar-refractivity contribution in [1.29, 1.82) is 0 Å². The van der Waals surface area contributed by atoms with Crippen LogP contribution in [0.2, 0.25) is 0 Å². The van der Waals surface area contributed by atoms with E-state index in [0.29, 0.717) is 6.42 Å². The summed E-state index contributed by atoms with van der Waals surface area (Å²) in [5.41, 5.74) is 5.25. The van der Waals surface area contributed by atoms with Crippen molar-refractivity contribution in [3.05, 3.63) is 0 Å². The first-order chi connectivity index (χ1) is 3.63. The highest BCUT2D eigenvalue weighted by Crippen LogP contribution is 2.34. The minimum Gasteiger partial charge on any atom is -0.298 e. The minimum absolute atomic E-state index is 0.0418. The van der Waals surface area contributed by atoms with Gasteiger partial charge in [-0.2, -0.15) is 0 Å². The Morgan fingerprint density at radius 3 is 2.50 bits per heavy atom. The van der Waals surface area contributed by atoms with Crippen molar-refractivity contribution in [2.75, 3.05) is 0 Å². The van der Waals surface area contributed by atoms with Crippen LogP contribution in [0.4, 0.5) is 4.39 Å². The van der Waals surface area contributed by atoms with Crippen LogP contribution in [-0.4, -0.2) is 9.72 Å². The van der Waals surface area contributed by atoms with Crippen LogP contribution >= 0.6 is 22.6 Å². The van der Waals surface area contributed by atoms with Gasteiger partial charge in [0.05, 0.1) is 3.92 Å². The SMILES string of the molecule is NC1(F)CCCC1I. The zero-order valence-corrected chi connectivity index (χ0v) is 6.69. The van der Waals surface area contributed by atoms with Crippen LogP contribution in [0, 0.1) is 0 Å². The van der Waals surface area contributed by atoms with E-state index in [0.717, 1.165) is 12.8 Å². The van der Waals surface area contributed by atoms with Gasteiger partial charge in [-0.15, -0.1) is 0 Å². The van der Waals surface area contributed by atoms with Crippen LogP contribution in [-0.2, 0) is 0 Å². The fourth-order valence-electron chi connectivity index (χ4n) is 0.949. The number of nitrogens with two attached hydrogens (primary N) is 1. The molecule has 0 spiro atoms. The third-order valence-electron chi connectivity index (χ3n) is 1.54. The van der Waals surface area contributed by atoms with Crippen molar-refractivity contribution >= 4 is 22.6 Å². The normalized spacial score (nSPS) is 47.6. The molecule has 1 saturated carbocycles. The summed E-state index contributed by atoms with van der Waals surface area (Å²) in [6, 6.07) is 0. The highest BCUT2D eigenvalue weighted by Gasteiger charge is 2.37. The Morgan fingerprint density at radius 1 is 1.75 bits per heavy atom. The van der Waals surface area contributed by atoms with E-state index in [1.165, 1.54) is 0 Å². The smallest absolute Gasteiger partial charge is 0.170 e. The lowest BCUT2D eigenvalue weighted by Crippen LogP contribution is -2.38. The molecular formula is C5H9FIN. The Morgan fingerprint density at radius 2 is 2.38 bits per heavy atom. The van der Waals surface area contributed by atoms with E-state index >= 15 is 0 Å². The summed E-state index contributed by atoms with van der Waals surface area (Å²) in [5.74, 6) is -1.36. The summed E-state index contributed by atoms with van der Waals surface area (Å²) in [7, 11) is 0. The lowest BCUT2D eigenvalue weighted by atomic mass is 10.2. The molecule has 1 aliphatic carbocycles. The van der Waals surface area contributed by atoms with E-state index in [1.807, 2.05) is 0 Å². The third kappa shape index (κ3) is 1.13. The Labute approximate surface area is 62.0 Å². The van der Waals surface area contributed by atoms with Gasteiger partial charge in [0.15, 0.2) is 5.79 Å². The Hall–Kier alpha value is 0.620. The average molecular weight is 229 g/mol. The minimum atomic E-state index is -1.36. The van der Waals surface area contributed by atoms with E-state index in [1.54, 1.807) is 0 Å². The molecule has 0 radical (unpaired) electrons. The van der Waals surface area contributed by atoms with Gasteiger partial charge in [-0.25, -0.2) is 4.39 Å². The molecule has 3 heteroatoms. The van der Waals surface area contributed by atoms with E-state index in [-0.39, 0.29) is 3.92 Å². The largest absolute Gasteiger partial charge is 0.298 e. The first kappa shape index (κ1) is 6.74. The van der Waals surface area contributed by atoms with E-state index in [9.17, 15) is 4.39 Å². The fourth-order valence-corrected chi connectivity index (χ4v) is 1.70. The van der Waals surface area contributed by atoms with Gasteiger partial charge in [0.2, 0.25) is 0 Å². The van der Waals surface area contributed by atoms with Gasteiger partial charge in [-0.3, -0.25) is 5.73 Å². The third-order valence-corrected chi connectivity index (χ3v) is 3.20. The lowest BCUT2D eigenvalue weighted by molar-refractivity contribution is 0.195. The number of hydrogen-bond donors (Lipinski definition) is 1. The molecule has 48 valence electrons. The van der Waals surface area contributed by atoms with Crippen molar-refractivity contribution in [2.45, 2.75) is 29.0 Å². The van der Waals surface area contributed by atoms with Gasteiger partial charge >= 0.3 is 0 Å². The van der Waals surface area contributed by atoms with Gasteiger partial charge in [-0.05, 0) is 19.3 Å². The predicted octanol–water partition coefficient (Wildman–Crippen LogP) is 1.60. The zero-order chi connectivity index (χ0) is 6.20. The topological polar surface area (TPSA) is 26.0 Å². The first-order valence-electron chi connectivity index (χ1n) is 2.75. The summed E-state index contributed by atoms with van der Waals surface area (Å²) in [6.45, 7) is 0. The van der Waals surface area contributed by atoms with Crippen LogP contribution in [0.1, 0.15) is 19.3 Å². The zero-order valence-electron chi connectivity index (χ0n) is 4.53. The second-order valence-corrected chi connectivity index (χ2v) is 3.79. The van der Waals surface area contributed by atoms with E-state index in [4.69, 9.17) is 5.73 Å². The molecule has 0 saturated heterocycles. The van der Waals surface area contributed by atoms with Crippen molar-refractivity contribution in [2.24, 2.45) is 5.73 Å². The van der Waals surface area contributed by atoms with Gasteiger partial charge in [0, 0.05) is 0 Å². The second-order valence-electron chi connectivity index (χ2n) is 2.29. The highest BCUT2D eigenvalue weighted by molar-refractivity contribution is 14.1. The molecule has 2 N–H and O–H groups in total. The molecule has 0 aromatic rings. The van der Waals surface area contributed by atoms with Crippen molar-refractivity contribution < 1.29 is 4.39 Å². The Kier molecular flexibility index (Phi) is 1.77. The van der Waals surface area contributed by atoms with Gasteiger partial charge in [-0.1, -0.05) is 22.6 Å². The molecule has 0 aromatic heterocycles. The van der Waals surface area contributed by atoms with Crippen molar-refractivity contribution in [3.8, 4) is 0 Å². The lowest BCUT2D eigenvalue weighted by Gasteiger charge is -2.15. The number of halogens is 2. The van der Waals surface area contributed by atoms with Crippen molar-refractivity contribution in [3.63, 3.8) is 0 Å². The highest BCUT2D eigenvalue weighted by atomic mass is 127. The maximum atomic E-state index is 12.8. The van der Waals surface area contributed by atoms with Gasteiger partial charge in [0.25, 0.3) is 0 Å². The monoisotopic (exact) mass is 229 g/mol. The van der Waals surface area contributed by atoms with Crippen LogP contribution < -0.4 is 5.73 Å². The summed E-state index contributed by atoms with van der Waals surface area (Å²) in [6.07, 6.45) is 2.43. The van der Waals surface area contributed by atoms with Crippen LogP contribution in [0.15, 0.2) is 0 Å². The molecule has 0 heterocycles.